The van der Waals surface area contributed by atoms with Gasteiger partial charge in [0.2, 0.25) is 11.6 Å². The summed E-state index contributed by atoms with van der Waals surface area (Å²) in [5.41, 5.74) is 1.43. The van der Waals surface area contributed by atoms with E-state index >= 15 is 0 Å². The van der Waals surface area contributed by atoms with Crippen molar-refractivity contribution in [1.29, 1.82) is 0 Å². The van der Waals surface area contributed by atoms with Crippen LogP contribution in [0.15, 0.2) is 10.7 Å². The summed E-state index contributed by atoms with van der Waals surface area (Å²) in [5.74, 6) is 1.13. The second-order valence-corrected chi connectivity index (χ2v) is 5.67. The van der Waals surface area contributed by atoms with Crippen molar-refractivity contribution in [3.8, 4) is 0 Å². The molecule has 23 heavy (non-hydrogen) atoms. The molecule has 2 aromatic rings. The summed E-state index contributed by atoms with van der Waals surface area (Å²) in [7, 11) is 0. The van der Waals surface area contributed by atoms with Crippen LogP contribution in [-0.2, 0) is 14.3 Å². The van der Waals surface area contributed by atoms with Gasteiger partial charge in [0.1, 0.15) is 17.9 Å². The van der Waals surface area contributed by atoms with E-state index in [0.29, 0.717) is 24.6 Å². The summed E-state index contributed by atoms with van der Waals surface area (Å²) < 4.78 is 16.5. The van der Waals surface area contributed by atoms with Crippen molar-refractivity contribution in [2.45, 2.75) is 39.2 Å². The lowest BCUT2D eigenvalue weighted by molar-refractivity contribution is -0.118. The zero-order chi connectivity index (χ0) is 16.2. The first kappa shape index (κ1) is 15.9. The zero-order valence-corrected chi connectivity index (χ0v) is 13.4. The van der Waals surface area contributed by atoms with Crippen LogP contribution in [0.4, 0.5) is 5.82 Å². The maximum Gasteiger partial charge on any atom is 0.231 e. The molecule has 0 aromatic carbocycles. The minimum Gasteiger partial charge on any atom is -0.443 e. The van der Waals surface area contributed by atoms with Crippen molar-refractivity contribution >= 4 is 22.8 Å². The number of ether oxygens (including phenoxy) is 2. The molecule has 2 aromatic heterocycles. The number of hydrogen-bond acceptors (Lipinski definition) is 6. The number of anilines is 1. The fraction of sp³-hybridized carbons (Fsp3) is 0.562. The fourth-order valence-electron chi connectivity index (χ4n) is 2.63. The summed E-state index contributed by atoms with van der Waals surface area (Å²) in [6.07, 6.45) is 3.65. The number of furan rings is 1. The number of nitrogens with zero attached hydrogens (tertiary/aromatic N) is 2. The number of rotatable bonds is 5. The molecule has 0 unspecified atom stereocenters. The maximum absolute atomic E-state index is 12.1. The Bertz CT molecular complexity index is 692. The van der Waals surface area contributed by atoms with Gasteiger partial charge < -0.3 is 19.2 Å². The molecule has 0 atom stereocenters. The normalized spacial score (nSPS) is 15.9. The Morgan fingerprint density at radius 2 is 2.13 bits per heavy atom. The van der Waals surface area contributed by atoms with Crippen LogP contribution in [0.2, 0.25) is 0 Å². The molecule has 1 N–H and O–H groups in total. The minimum absolute atomic E-state index is 0.129. The lowest BCUT2D eigenvalue weighted by Crippen LogP contribution is -2.25. The number of hydrogen-bond donors (Lipinski definition) is 1. The van der Waals surface area contributed by atoms with E-state index in [4.69, 9.17) is 13.9 Å². The van der Waals surface area contributed by atoms with Crippen LogP contribution in [0, 0.1) is 13.8 Å². The number of nitrogens with one attached hydrogen (secondary N) is 1. The number of fused-ring (bicyclic) bond motifs is 1. The Labute approximate surface area is 134 Å². The van der Waals surface area contributed by atoms with Gasteiger partial charge in [-0.25, -0.2) is 9.97 Å². The van der Waals surface area contributed by atoms with Gasteiger partial charge in [-0.1, -0.05) is 0 Å². The number of amides is 1. The Kier molecular flexibility index (Phi) is 4.88. The van der Waals surface area contributed by atoms with Gasteiger partial charge in [-0.3, -0.25) is 4.79 Å². The molecular formula is C16H21N3O4. The summed E-state index contributed by atoms with van der Waals surface area (Å²) in [6.45, 7) is 5.65. The Hall–Kier alpha value is -1.99. The van der Waals surface area contributed by atoms with Crippen LogP contribution < -0.4 is 5.32 Å². The average Bonchev–Trinajstić information content (AvgIpc) is 2.84. The van der Waals surface area contributed by atoms with Gasteiger partial charge in [-0.15, -0.1) is 0 Å². The first-order chi connectivity index (χ1) is 11.1. The number of carbonyl (C=O) groups excluding carboxylic acids is 1. The van der Waals surface area contributed by atoms with Gasteiger partial charge in [-0.2, -0.15) is 0 Å². The summed E-state index contributed by atoms with van der Waals surface area (Å²) in [6, 6.07) is 0. The molecule has 0 spiro atoms. The topological polar surface area (TPSA) is 86.5 Å². The van der Waals surface area contributed by atoms with Gasteiger partial charge >= 0.3 is 0 Å². The van der Waals surface area contributed by atoms with Crippen LogP contribution >= 0.6 is 0 Å². The highest BCUT2D eigenvalue weighted by Gasteiger charge is 2.17. The lowest BCUT2D eigenvalue weighted by atomic mass is 10.1. The Morgan fingerprint density at radius 1 is 1.35 bits per heavy atom. The zero-order valence-electron chi connectivity index (χ0n) is 13.4. The Balaban J connectivity index is 1.57. The third-order valence-corrected chi connectivity index (χ3v) is 4.07. The summed E-state index contributed by atoms with van der Waals surface area (Å²) >= 11 is 0. The standard InChI is InChI=1S/C16H21N3O4/c1-10-11(2)23-16-14(10)15(17-9-18-16)19-13(20)5-8-22-12-3-6-21-7-4-12/h9,12H,3-8H2,1-2H3,(H,17,18,19,20). The van der Waals surface area contributed by atoms with E-state index in [1.54, 1.807) is 0 Å². The van der Waals surface area contributed by atoms with Crippen molar-refractivity contribution < 1.29 is 18.7 Å². The highest BCUT2D eigenvalue weighted by atomic mass is 16.5. The highest BCUT2D eigenvalue weighted by molar-refractivity contribution is 5.99. The third kappa shape index (κ3) is 3.68. The van der Waals surface area contributed by atoms with Crippen molar-refractivity contribution in [3.05, 3.63) is 17.7 Å². The Morgan fingerprint density at radius 3 is 2.91 bits per heavy atom. The molecular weight excluding hydrogens is 298 g/mol. The minimum atomic E-state index is -0.129. The highest BCUT2D eigenvalue weighted by Crippen LogP contribution is 2.27. The van der Waals surface area contributed by atoms with Crippen LogP contribution in [0.5, 0.6) is 0 Å². The van der Waals surface area contributed by atoms with Crippen molar-refractivity contribution in [2.24, 2.45) is 0 Å². The largest absolute Gasteiger partial charge is 0.443 e. The first-order valence-corrected chi connectivity index (χ1v) is 7.85. The second-order valence-electron chi connectivity index (χ2n) is 5.67. The molecule has 7 heteroatoms. The van der Waals surface area contributed by atoms with Crippen LogP contribution in [0.1, 0.15) is 30.6 Å². The van der Waals surface area contributed by atoms with E-state index in [2.05, 4.69) is 15.3 Å². The monoisotopic (exact) mass is 319 g/mol. The molecule has 0 bridgehead atoms. The molecule has 1 fully saturated rings. The van der Waals surface area contributed by atoms with Gasteiger partial charge in [0.15, 0.2) is 0 Å². The number of aryl methyl sites for hydroxylation is 2. The van der Waals surface area contributed by atoms with Gasteiger partial charge in [0.25, 0.3) is 0 Å². The molecule has 1 aliphatic heterocycles. The van der Waals surface area contributed by atoms with Crippen molar-refractivity contribution in [3.63, 3.8) is 0 Å². The van der Waals surface area contributed by atoms with Crippen LogP contribution in [0.3, 0.4) is 0 Å². The van der Waals surface area contributed by atoms with Gasteiger partial charge in [-0.05, 0) is 26.7 Å². The van der Waals surface area contributed by atoms with E-state index < -0.39 is 0 Å². The lowest BCUT2D eigenvalue weighted by Gasteiger charge is -2.22. The molecule has 1 amide bonds. The number of aromatic nitrogens is 2. The third-order valence-electron chi connectivity index (χ3n) is 4.07. The predicted molar refractivity (Wildman–Crippen MR) is 84.3 cm³/mol. The molecule has 124 valence electrons. The molecule has 3 heterocycles. The predicted octanol–water partition coefficient (Wildman–Crippen LogP) is 2.36. The van der Waals surface area contributed by atoms with Gasteiger partial charge in [0.05, 0.1) is 24.5 Å². The smallest absolute Gasteiger partial charge is 0.231 e. The van der Waals surface area contributed by atoms with E-state index in [1.165, 1.54) is 6.33 Å². The van der Waals surface area contributed by atoms with Crippen molar-refractivity contribution in [2.75, 3.05) is 25.1 Å². The van der Waals surface area contributed by atoms with E-state index in [0.717, 1.165) is 42.8 Å². The average molecular weight is 319 g/mol. The molecule has 1 aliphatic rings. The summed E-state index contributed by atoms with van der Waals surface area (Å²) in [5, 5.41) is 3.58. The quantitative estimate of drug-likeness (QED) is 0.910. The SMILES string of the molecule is Cc1oc2ncnc(NC(=O)CCOC3CCOCC3)c2c1C. The molecule has 1 saturated heterocycles. The molecule has 0 saturated carbocycles. The second kappa shape index (κ2) is 7.06. The number of carbonyl (C=O) groups is 1. The fourth-order valence-corrected chi connectivity index (χ4v) is 2.63. The van der Waals surface area contributed by atoms with Crippen LogP contribution in [0.25, 0.3) is 11.1 Å². The van der Waals surface area contributed by atoms with E-state index in [-0.39, 0.29) is 12.0 Å². The molecule has 0 radical (unpaired) electrons. The molecule has 7 nitrogen and oxygen atoms in total. The van der Waals surface area contributed by atoms with E-state index in [1.807, 2.05) is 13.8 Å². The van der Waals surface area contributed by atoms with Crippen molar-refractivity contribution in [1.82, 2.24) is 9.97 Å². The van der Waals surface area contributed by atoms with Gasteiger partial charge in [0, 0.05) is 18.8 Å². The first-order valence-electron chi connectivity index (χ1n) is 7.85. The summed E-state index contributed by atoms with van der Waals surface area (Å²) in [4.78, 5) is 20.4. The van der Waals surface area contributed by atoms with E-state index in [9.17, 15) is 4.79 Å². The molecule has 0 aliphatic carbocycles. The van der Waals surface area contributed by atoms with Crippen LogP contribution in [-0.4, -0.2) is 41.8 Å². The maximum atomic E-state index is 12.1. The molecule has 3 rings (SSSR count).